The molecule has 0 fully saturated rings. The van der Waals surface area contributed by atoms with Crippen LogP contribution in [0.3, 0.4) is 0 Å². The van der Waals surface area contributed by atoms with Crippen molar-refractivity contribution in [1.29, 1.82) is 0 Å². The Morgan fingerprint density at radius 3 is 2.58 bits per heavy atom. The smallest absolute Gasteiger partial charge is 0.261 e. The van der Waals surface area contributed by atoms with Gasteiger partial charge in [0.25, 0.3) is 5.91 Å². The van der Waals surface area contributed by atoms with Gasteiger partial charge in [-0.3, -0.25) is 4.79 Å². The van der Waals surface area contributed by atoms with Crippen molar-refractivity contribution in [2.24, 2.45) is 5.14 Å². The molecule has 0 radical (unpaired) electrons. The van der Waals surface area contributed by atoms with Gasteiger partial charge in [0.05, 0.1) is 4.90 Å². The molecule has 0 saturated carbocycles. The highest BCUT2D eigenvalue weighted by molar-refractivity contribution is 7.89. The summed E-state index contributed by atoms with van der Waals surface area (Å²) < 4.78 is 38.5. The molecule has 138 valence electrons. The number of nitrogens with one attached hydrogen (secondary N) is 1. The molecule has 1 atom stereocenters. The molecule has 8 nitrogen and oxygen atoms in total. The van der Waals surface area contributed by atoms with Crippen molar-refractivity contribution in [3.8, 4) is 17.2 Å². The number of fused-ring (bicyclic) bond motifs is 1. The zero-order chi connectivity index (χ0) is 18.7. The number of benzene rings is 2. The summed E-state index contributed by atoms with van der Waals surface area (Å²) in [5, 5.41) is 7.77. The summed E-state index contributed by atoms with van der Waals surface area (Å²) in [7, 11) is -3.73. The Morgan fingerprint density at radius 2 is 1.88 bits per heavy atom. The van der Waals surface area contributed by atoms with Crippen LogP contribution in [0, 0.1) is 0 Å². The highest BCUT2D eigenvalue weighted by Gasteiger charge is 2.18. The minimum atomic E-state index is -3.73. The number of ether oxygens (including phenoxy) is 3. The van der Waals surface area contributed by atoms with Gasteiger partial charge in [0.15, 0.2) is 17.6 Å². The van der Waals surface area contributed by atoms with E-state index in [4.69, 9.17) is 19.3 Å². The molecule has 2 aromatic carbocycles. The quantitative estimate of drug-likeness (QED) is 0.779. The lowest BCUT2D eigenvalue weighted by Crippen LogP contribution is -2.35. The second-order valence-corrected chi connectivity index (χ2v) is 7.24. The Kier molecular flexibility index (Phi) is 5.01. The topological polar surface area (TPSA) is 117 Å². The third-order valence-electron chi connectivity index (χ3n) is 3.74. The summed E-state index contributed by atoms with van der Waals surface area (Å²) in [6.45, 7) is 2.03. The molecular formula is C17H18N2O6S. The van der Waals surface area contributed by atoms with Gasteiger partial charge in [-0.05, 0) is 36.8 Å². The van der Waals surface area contributed by atoms with E-state index in [0.29, 0.717) is 17.2 Å². The SMILES string of the molecule is CC(Oc1ccc2c(c1)OCO2)C(=O)NCc1ccc(S(N)(=O)=O)cc1. The largest absolute Gasteiger partial charge is 0.481 e. The van der Waals surface area contributed by atoms with Crippen LogP contribution in [-0.2, 0) is 21.4 Å². The molecule has 3 rings (SSSR count). The summed E-state index contributed by atoms with van der Waals surface area (Å²) >= 11 is 0. The zero-order valence-corrected chi connectivity index (χ0v) is 14.8. The van der Waals surface area contributed by atoms with E-state index >= 15 is 0 Å². The van der Waals surface area contributed by atoms with E-state index in [1.54, 1.807) is 37.3 Å². The van der Waals surface area contributed by atoms with E-state index < -0.39 is 16.1 Å². The van der Waals surface area contributed by atoms with E-state index in [0.717, 1.165) is 5.56 Å². The molecule has 3 N–H and O–H groups in total. The van der Waals surface area contributed by atoms with Crippen molar-refractivity contribution in [3.63, 3.8) is 0 Å². The fourth-order valence-corrected chi connectivity index (χ4v) is 2.85. The number of carbonyl (C=O) groups is 1. The van der Waals surface area contributed by atoms with E-state index in [1.165, 1.54) is 12.1 Å². The van der Waals surface area contributed by atoms with Crippen LogP contribution in [0.15, 0.2) is 47.4 Å². The number of rotatable bonds is 6. The van der Waals surface area contributed by atoms with E-state index in [-0.39, 0.29) is 24.1 Å². The Morgan fingerprint density at radius 1 is 1.19 bits per heavy atom. The third kappa shape index (κ3) is 4.24. The average molecular weight is 378 g/mol. The van der Waals surface area contributed by atoms with Crippen molar-refractivity contribution >= 4 is 15.9 Å². The maximum Gasteiger partial charge on any atom is 0.261 e. The van der Waals surface area contributed by atoms with Gasteiger partial charge in [0.1, 0.15) is 5.75 Å². The molecule has 0 aromatic heterocycles. The van der Waals surface area contributed by atoms with Crippen LogP contribution in [0.1, 0.15) is 12.5 Å². The van der Waals surface area contributed by atoms with E-state index in [1.807, 2.05) is 0 Å². The summed E-state index contributed by atoms with van der Waals surface area (Å²) in [5.74, 6) is 1.40. The van der Waals surface area contributed by atoms with Gasteiger partial charge in [0.2, 0.25) is 16.8 Å². The Labute approximate surface area is 150 Å². The minimum absolute atomic E-state index is 0.0205. The molecule has 0 aliphatic carbocycles. The predicted octanol–water partition coefficient (Wildman–Crippen LogP) is 1.15. The molecule has 1 amide bonds. The lowest BCUT2D eigenvalue weighted by molar-refractivity contribution is -0.127. The number of nitrogens with two attached hydrogens (primary N) is 1. The molecule has 2 aromatic rings. The first-order valence-corrected chi connectivity index (χ1v) is 9.33. The number of hydrogen-bond acceptors (Lipinski definition) is 6. The Balaban J connectivity index is 1.54. The van der Waals surface area contributed by atoms with Crippen molar-refractivity contribution in [3.05, 3.63) is 48.0 Å². The molecule has 1 unspecified atom stereocenters. The molecule has 1 heterocycles. The number of amides is 1. The van der Waals surface area contributed by atoms with Crippen LogP contribution in [0.25, 0.3) is 0 Å². The molecule has 1 aliphatic rings. The molecule has 0 spiro atoms. The summed E-state index contributed by atoms with van der Waals surface area (Å²) in [4.78, 5) is 12.2. The lowest BCUT2D eigenvalue weighted by atomic mass is 10.2. The average Bonchev–Trinajstić information content (AvgIpc) is 3.07. The van der Waals surface area contributed by atoms with Gasteiger partial charge in [-0.2, -0.15) is 0 Å². The number of primary sulfonamides is 1. The maximum atomic E-state index is 12.2. The third-order valence-corrected chi connectivity index (χ3v) is 4.67. The molecule has 1 aliphatic heterocycles. The first-order valence-electron chi connectivity index (χ1n) is 7.79. The Hall–Kier alpha value is -2.78. The molecular weight excluding hydrogens is 360 g/mol. The van der Waals surface area contributed by atoms with Gasteiger partial charge in [-0.1, -0.05) is 12.1 Å². The van der Waals surface area contributed by atoms with E-state index in [2.05, 4.69) is 5.32 Å². The first kappa shape index (κ1) is 18.0. The number of sulfonamides is 1. The normalized spacial score (nSPS) is 13.9. The van der Waals surface area contributed by atoms with Crippen LogP contribution >= 0.6 is 0 Å². The molecule has 0 saturated heterocycles. The van der Waals surface area contributed by atoms with Crippen LogP contribution in [-0.4, -0.2) is 27.2 Å². The fourth-order valence-electron chi connectivity index (χ4n) is 2.34. The van der Waals surface area contributed by atoms with Crippen molar-refractivity contribution in [2.75, 3.05) is 6.79 Å². The predicted molar refractivity (Wildman–Crippen MR) is 92.3 cm³/mol. The number of carbonyl (C=O) groups excluding carboxylic acids is 1. The standard InChI is InChI=1S/C17H18N2O6S/c1-11(25-13-4-7-15-16(8-13)24-10-23-15)17(20)19-9-12-2-5-14(6-3-12)26(18,21)22/h2-8,11H,9-10H2,1H3,(H,19,20)(H2,18,21,22). The van der Waals surface area contributed by atoms with Crippen LogP contribution < -0.4 is 24.7 Å². The number of hydrogen-bond donors (Lipinski definition) is 2. The second-order valence-electron chi connectivity index (χ2n) is 5.68. The highest BCUT2D eigenvalue weighted by Crippen LogP contribution is 2.35. The van der Waals surface area contributed by atoms with Crippen LogP contribution in [0.5, 0.6) is 17.2 Å². The van der Waals surface area contributed by atoms with Crippen molar-refractivity contribution in [2.45, 2.75) is 24.5 Å². The second kappa shape index (κ2) is 7.22. The van der Waals surface area contributed by atoms with Crippen molar-refractivity contribution in [1.82, 2.24) is 5.32 Å². The molecule has 0 bridgehead atoms. The summed E-state index contributed by atoms with van der Waals surface area (Å²) in [6, 6.07) is 11.0. The van der Waals surface area contributed by atoms with Gasteiger partial charge < -0.3 is 19.5 Å². The van der Waals surface area contributed by atoms with Gasteiger partial charge >= 0.3 is 0 Å². The summed E-state index contributed by atoms with van der Waals surface area (Å²) in [6.07, 6.45) is -0.723. The molecule has 9 heteroatoms. The minimum Gasteiger partial charge on any atom is -0.481 e. The van der Waals surface area contributed by atoms with Crippen LogP contribution in [0.4, 0.5) is 0 Å². The van der Waals surface area contributed by atoms with Gasteiger partial charge in [-0.15, -0.1) is 0 Å². The fraction of sp³-hybridized carbons (Fsp3) is 0.235. The van der Waals surface area contributed by atoms with E-state index in [9.17, 15) is 13.2 Å². The van der Waals surface area contributed by atoms with Gasteiger partial charge in [-0.25, -0.2) is 13.6 Å². The first-order chi connectivity index (χ1) is 12.3. The van der Waals surface area contributed by atoms with Crippen LogP contribution in [0.2, 0.25) is 0 Å². The van der Waals surface area contributed by atoms with Crippen molar-refractivity contribution < 1.29 is 27.4 Å². The lowest BCUT2D eigenvalue weighted by Gasteiger charge is -2.15. The zero-order valence-electron chi connectivity index (χ0n) is 14.0. The Bertz CT molecular complexity index is 911. The maximum absolute atomic E-state index is 12.2. The summed E-state index contributed by atoms with van der Waals surface area (Å²) in [5.41, 5.74) is 0.737. The van der Waals surface area contributed by atoms with Gasteiger partial charge in [0, 0.05) is 12.6 Å². The highest BCUT2D eigenvalue weighted by atomic mass is 32.2. The monoisotopic (exact) mass is 378 g/mol. The molecule has 26 heavy (non-hydrogen) atoms.